The molecule has 0 saturated heterocycles. The molecule has 1 heterocycles. The second-order valence-corrected chi connectivity index (χ2v) is 4.21. The van der Waals surface area contributed by atoms with E-state index in [4.69, 9.17) is 5.11 Å². The van der Waals surface area contributed by atoms with Gasteiger partial charge in [0.05, 0.1) is 5.52 Å². The highest BCUT2D eigenvalue weighted by Gasteiger charge is 2.11. The summed E-state index contributed by atoms with van der Waals surface area (Å²) in [4.78, 5) is 18.0. The zero-order chi connectivity index (χ0) is 13.0. The summed E-state index contributed by atoms with van der Waals surface area (Å²) in [7, 11) is 1.74. The summed E-state index contributed by atoms with van der Waals surface area (Å²) >= 11 is 0. The Morgan fingerprint density at radius 1 is 1.39 bits per heavy atom. The Hall–Kier alpha value is -1.94. The molecule has 2 aromatic rings. The van der Waals surface area contributed by atoms with Crippen molar-refractivity contribution < 1.29 is 9.90 Å². The van der Waals surface area contributed by atoms with Gasteiger partial charge in [-0.1, -0.05) is 6.07 Å². The highest BCUT2D eigenvalue weighted by atomic mass is 16.3. The third kappa shape index (κ3) is 2.65. The molecule has 2 rings (SSSR count). The predicted octanol–water partition coefficient (Wildman–Crippen LogP) is 1.69. The second-order valence-electron chi connectivity index (χ2n) is 4.21. The predicted molar refractivity (Wildman–Crippen MR) is 70.4 cm³/mol. The molecule has 1 amide bonds. The van der Waals surface area contributed by atoms with Crippen molar-refractivity contribution in [1.82, 2.24) is 9.88 Å². The smallest absolute Gasteiger partial charge is 0.253 e. The van der Waals surface area contributed by atoms with Crippen molar-refractivity contribution in [2.75, 3.05) is 20.2 Å². The molecule has 0 aliphatic carbocycles. The number of carbonyl (C=O) groups excluding carboxylic acids is 1. The molecular formula is C14H16N2O2. The Kier molecular flexibility index (Phi) is 3.89. The average Bonchev–Trinajstić information content (AvgIpc) is 2.43. The number of aliphatic hydroxyl groups is 1. The lowest BCUT2D eigenvalue weighted by Crippen LogP contribution is -2.28. The number of aromatic nitrogens is 1. The molecule has 94 valence electrons. The molecule has 0 fully saturated rings. The Labute approximate surface area is 106 Å². The SMILES string of the molecule is CN(CCCO)C(=O)c1ccc2ncccc2c1. The maximum Gasteiger partial charge on any atom is 0.253 e. The highest BCUT2D eigenvalue weighted by molar-refractivity contribution is 5.97. The Bertz CT molecular complexity index is 554. The highest BCUT2D eigenvalue weighted by Crippen LogP contribution is 2.14. The molecule has 0 radical (unpaired) electrons. The minimum Gasteiger partial charge on any atom is -0.396 e. The van der Waals surface area contributed by atoms with E-state index in [1.54, 1.807) is 24.2 Å². The first-order chi connectivity index (χ1) is 8.72. The second kappa shape index (κ2) is 5.60. The van der Waals surface area contributed by atoms with E-state index in [1.807, 2.05) is 24.3 Å². The first-order valence-corrected chi connectivity index (χ1v) is 5.93. The van der Waals surface area contributed by atoms with Crippen LogP contribution in [0.2, 0.25) is 0 Å². The number of hydrogen-bond acceptors (Lipinski definition) is 3. The van der Waals surface area contributed by atoms with Gasteiger partial charge in [0.1, 0.15) is 0 Å². The fourth-order valence-electron chi connectivity index (χ4n) is 1.84. The fourth-order valence-corrected chi connectivity index (χ4v) is 1.84. The lowest BCUT2D eigenvalue weighted by molar-refractivity contribution is 0.0786. The van der Waals surface area contributed by atoms with Crippen LogP contribution in [0.25, 0.3) is 10.9 Å². The summed E-state index contributed by atoms with van der Waals surface area (Å²) in [6, 6.07) is 9.27. The van der Waals surface area contributed by atoms with Crippen molar-refractivity contribution in [3.63, 3.8) is 0 Å². The van der Waals surface area contributed by atoms with Gasteiger partial charge in [0.2, 0.25) is 0 Å². The Morgan fingerprint density at radius 2 is 2.22 bits per heavy atom. The first kappa shape index (κ1) is 12.5. The molecule has 1 aromatic carbocycles. The molecule has 0 aliphatic rings. The van der Waals surface area contributed by atoms with Gasteiger partial charge in [-0.15, -0.1) is 0 Å². The zero-order valence-corrected chi connectivity index (χ0v) is 10.3. The van der Waals surface area contributed by atoms with Crippen molar-refractivity contribution in [3.8, 4) is 0 Å². The van der Waals surface area contributed by atoms with Crippen LogP contribution in [0.15, 0.2) is 36.5 Å². The largest absolute Gasteiger partial charge is 0.396 e. The lowest BCUT2D eigenvalue weighted by Gasteiger charge is -2.16. The number of amides is 1. The summed E-state index contributed by atoms with van der Waals surface area (Å²) in [5.41, 5.74) is 1.53. The average molecular weight is 244 g/mol. The van der Waals surface area contributed by atoms with E-state index in [9.17, 15) is 4.79 Å². The summed E-state index contributed by atoms with van der Waals surface area (Å²) in [6.45, 7) is 0.652. The minimum absolute atomic E-state index is 0.0331. The summed E-state index contributed by atoms with van der Waals surface area (Å²) < 4.78 is 0. The number of aliphatic hydroxyl groups excluding tert-OH is 1. The summed E-state index contributed by atoms with van der Waals surface area (Å²) in [5.74, 6) is -0.0331. The number of nitrogens with zero attached hydrogens (tertiary/aromatic N) is 2. The topological polar surface area (TPSA) is 53.4 Å². The van der Waals surface area contributed by atoms with E-state index in [-0.39, 0.29) is 12.5 Å². The summed E-state index contributed by atoms with van der Waals surface area (Å²) in [5, 5.41) is 9.72. The van der Waals surface area contributed by atoms with Crippen LogP contribution in [-0.4, -0.2) is 41.1 Å². The van der Waals surface area contributed by atoms with E-state index in [1.165, 1.54) is 0 Å². The van der Waals surface area contributed by atoms with Gasteiger partial charge in [0.15, 0.2) is 0 Å². The van der Waals surface area contributed by atoms with Gasteiger partial charge < -0.3 is 10.0 Å². The van der Waals surface area contributed by atoms with Crippen molar-refractivity contribution in [2.45, 2.75) is 6.42 Å². The van der Waals surface area contributed by atoms with Crippen LogP contribution in [-0.2, 0) is 0 Å². The Morgan fingerprint density at radius 3 is 3.00 bits per heavy atom. The number of carbonyl (C=O) groups is 1. The van der Waals surface area contributed by atoms with Gasteiger partial charge in [-0.2, -0.15) is 0 Å². The molecule has 4 nitrogen and oxygen atoms in total. The van der Waals surface area contributed by atoms with Crippen LogP contribution in [0.1, 0.15) is 16.8 Å². The van der Waals surface area contributed by atoms with Gasteiger partial charge in [0, 0.05) is 37.3 Å². The van der Waals surface area contributed by atoms with Crippen LogP contribution in [0.5, 0.6) is 0 Å². The molecule has 0 atom stereocenters. The molecule has 0 spiro atoms. The maximum absolute atomic E-state index is 12.1. The number of fused-ring (bicyclic) bond motifs is 1. The molecular weight excluding hydrogens is 228 g/mol. The Balaban J connectivity index is 2.22. The van der Waals surface area contributed by atoms with Crippen LogP contribution in [0.4, 0.5) is 0 Å². The van der Waals surface area contributed by atoms with Crippen molar-refractivity contribution in [3.05, 3.63) is 42.1 Å². The molecule has 1 aromatic heterocycles. The third-order valence-corrected chi connectivity index (χ3v) is 2.85. The van der Waals surface area contributed by atoms with Gasteiger partial charge in [-0.25, -0.2) is 0 Å². The van der Waals surface area contributed by atoms with Crippen LogP contribution in [0, 0.1) is 0 Å². The van der Waals surface area contributed by atoms with E-state index in [0.717, 1.165) is 10.9 Å². The molecule has 0 saturated carbocycles. The number of rotatable bonds is 4. The van der Waals surface area contributed by atoms with Crippen LogP contribution in [0.3, 0.4) is 0 Å². The van der Waals surface area contributed by atoms with Gasteiger partial charge in [-0.3, -0.25) is 9.78 Å². The first-order valence-electron chi connectivity index (χ1n) is 5.93. The summed E-state index contributed by atoms with van der Waals surface area (Å²) in [6.07, 6.45) is 2.33. The molecule has 4 heteroatoms. The lowest BCUT2D eigenvalue weighted by atomic mass is 10.1. The number of pyridine rings is 1. The fraction of sp³-hybridized carbons (Fsp3) is 0.286. The van der Waals surface area contributed by atoms with E-state index < -0.39 is 0 Å². The normalized spacial score (nSPS) is 10.6. The minimum atomic E-state index is -0.0331. The quantitative estimate of drug-likeness (QED) is 0.890. The maximum atomic E-state index is 12.1. The number of hydrogen-bond donors (Lipinski definition) is 1. The van der Waals surface area contributed by atoms with Gasteiger partial charge in [0.25, 0.3) is 5.91 Å². The number of benzene rings is 1. The molecule has 0 unspecified atom stereocenters. The molecule has 18 heavy (non-hydrogen) atoms. The van der Waals surface area contributed by atoms with Crippen molar-refractivity contribution >= 4 is 16.8 Å². The van der Waals surface area contributed by atoms with E-state index in [0.29, 0.717) is 18.5 Å². The van der Waals surface area contributed by atoms with Gasteiger partial charge >= 0.3 is 0 Å². The third-order valence-electron chi connectivity index (χ3n) is 2.85. The molecule has 1 N–H and O–H groups in total. The van der Waals surface area contributed by atoms with Crippen LogP contribution < -0.4 is 0 Å². The zero-order valence-electron chi connectivity index (χ0n) is 10.3. The van der Waals surface area contributed by atoms with E-state index in [2.05, 4.69) is 4.98 Å². The van der Waals surface area contributed by atoms with Crippen LogP contribution >= 0.6 is 0 Å². The van der Waals surface area contributed by atoms with Crippen molar-refractivity contribution in [1.29, 1.82) is 0 Å². The van der Waals surface area contributed by atoms with E-state index >= 15 is 0 Å². The van der Waals surface area contributed by atoms with Crippen molar-refractivity contribution in [2.24, 2.45) is 0 Å². The van der Waals surface area contributed by atoms with Gasteiger partial charge in [-0.05, 0) is 30.7 Å². The monoisotopic (exact) mass is 244 g/mol. The molecule has 0 bridgehead atoms. The molecule has 0 aliphatic heterocycles. The standard InChI is InChI=1S/C14H16N2O2/c1-16(8-3-9-17)14(18)12-5-6-13-11(10-12)4-2-7-15-13/h2,4-7,10,17H,3,8-9H2,1H3.